The number of nitrogens with zero attached hydrogens (tertiary/aromatic N) is 1. The third kappa shape index (κ3) is 6.27. The molecule has 0 heterocycles. The van der Waals surface area contributed by atoms with Crippen molar-refractivity contribution in [1.29, 1.82) is 0 Å². The zero-order chi connectivity index (χ0) is 17.1. The summed E-state index contributed by atoms with van der Waals surface area (Å²) < 4.78 is 0. The maximum absolute atomic E-state index is 12.3. The van der Waals surface area contributed by atoms with E-state index in [0.29, 0.717) is 0 Å². The van der Waals surface area contributed by atoms with Crippen LogP contribution < -0.4 is 4.90 Å². The van der Waals surface area contributed by atoms with Crippen LogP contribution in [0.2, 0.25) is 0 Å². The van der Waals surface area contributed by atoms with Gasteiger partial charge in [0.2, 0.25) is 0 Å². The highest BCUT2D eigenvalue weighted by molar-refractivity contribution is 6.05. The number of anilines is 1. The number of amides is 1. The van der Waals surface area contributed by atoms with Crippen molar-refractivity contribution in [3.05, 3.63) is 65.7 Å². The Kier molecular flexibility index (Phi) is 8.74. The number of carbonyl (C=O) groups is 1. The number of carbonyl (C=O) groups excluding carboxylic acids is 1. The van der Waals surface area contributed by atoms with Gasteiger partial charge in [-0.15, -0.1) is 0 Å². The van der Waals surface area contributed by atoms with E-state index in [1.807, 2.05) is 54.6 Å². The first-order valence-corrected chi connectivity index (χ1v) is 8.56. The molecule has 2 heteroatoms. The van der Waals surface area contributed by atoms with Crippen LogP contribution in [-0.2, 0) is 6.42 Å². The molecule has 23 heavy (non-hydrogen) atoms. The van der Waals surface area contributed by atoms with Gasteiger partial charge in [-0.05, 0) is 36.2 Å². The Bertz CT molecular complexity index is 575. The van der Waals surface area contributed by atoms with Crippen molar-refractivity contribution in [2.45, 2.75) is 46.5 Å². The molecule has 0 saturated carbocycles. The summed E-state index contributed by atoms with van der Waals surface area (Å²) in [5, 5.41) is 0. The Balaban J connectivity index is 0.000000463. The summed E-state index contributed by atoms with van der Waals surface area (Å²) in [6, 6.07) is 17.5. The molecule has 1 amide bonds. The maximum atomic E-state index is 12.3. The molecular weight excluding hydrogens is 282 g/mol. The topological polar surface area (TPSA) is 20.3 Å². The molecule has 2 aromatic rings. The van der Waals surface area contributed by atoms with Gasteiger partial charge in [0.05, 0.1) is 0 Å². The van der Waals surface area contributed by atoms with Gasteiger partial charge in [-0.25, -0.2) is 0 Å². The standard InChI is InChI=1S/C16H17NO.C5H12/c1-3-13-8-7-9-14(12-13)16(18)17(2)15-10-5-4-6-11-15;1-3-5-4-2/h4-12H,3H2,1-2H3;3-5H2,1-2H3. The van der Waals surface area contributed by atoms with E-state index in [1.54, 1.807) is 11.9 Å². The van der Waals surface area contributed by atoms with Crippen molar-refractivity contribution in [2.24, 2.45) is 0 Å². The van der Waals surface area contributed by atoms with Crippen molar-refractivity contribution in [3.8, 4) is 0 Å². The average molecular weight is 311 g/mol. The monoisotopic (exact) mass is 311 g/mol. The van der Waals surface area contributed by atoms with Gasteiger partial charge in [0.25, 0.3) is 5.91 Å². The first-order valence-electron chi connectivity index (χ1n) is 8.56. The average Bonchev–Trinajstić information content (AvgIpc) is 2.62. The quantitative estimate of drug-likeness (QED) is 0.691. The SMILES string of the molecule is CCCCC.CCc1cccc(C(=O)N(C)c2ccccc2)c1. The fraction of sp³-hybridized carbons (Fsp3) is 0.381. The zero-order valence-corrected chi connectivity index (χ0v) is 14.9. The van der Waals surface area contributed by atoms with Gasteiger partial charge in [0.15, 0.2) is 0 Å². The van der Waals surface area contributed by atoms with Gasteiger partial charge < -0.3 is 4.90 Å². The van der Waals surface area contributed by atoms with Crippen molar-refractivity contribution < 1.29 is 4.79 Å². The Morgan fingerprint density at radius 3 is 2.09 bits per heavy atom. The van der Waals surface area contributed by atoms with Gasteiger partial charge in [0.1, 0.15) is 0 Å². The highest BCUT2D eigenvalue weighted by Crippen LogP contribution is 2.15. The highest BCUT2D eigenvalue weighted by atomic mass is 16.2. The molecule has 0 aliphatic heterocycles. The van der Waals surface area contributed by atoms with Crippen molar-refractivity contribution in [3.63, 3.8) is 0 Å². The molecule has 2 aromatic carbocycles. The summed E-state index contributed by atoms with van der Waals surface area (Å²) in [4.78, 5) is 14.0. The van der Waals surface area contributed by atoms with Crippen LogP contribution in [0.1, 0.15) is 56.0 Å². The third-order valence-electron chi connectivity index (χ3n) is 3.74. The molecule has 0 aliphatic rings. The summed E-state index contributed by atoms with van der Waals surface area (Å²) in [7, 11) is 1.80. The van der Waals surface area contributed by atoms with Crippen molar-refractivity contribution >= 4 is 11.6 Å². The minimum Gasteiger partial charge on any atom is -0.311 e. The minimum atomic E-state index is 0.0245. The number of rotatable bonds is 5. The smallest absolute Gasteiger partial charge is 0.258 e. The Labute approximate surface area is 141 Å². The Morgan fingerprint density at radius 2 is 1.57 bits per heavy atom. The molecule has 0 bridgehead atoms. The number of aryl methyl sites for hydroxylation is 1. The molecule has 0 fully saturated rings. The molecule has 2 nitrogen and oxygen atoms in total. The van der Waals surface area contributed by atoms with E-state index in [9.17, 15) is 4.79 Å². The molecule has 0 saturated heterocycles. The normalized spacial score (nSPS) is 9.74. The largest absolute Gasteiger partial charge is 0.311 e. The Hall–Kier alpha value is -2.09. The van der Waals surface area contributed by atoms with Gasteiger partial charge in [0, 0.05) is 18.3 Å². The molecule has 0 aliphatic carbocycles. The lowest BCUT2D eigenvalue weighted by Gasteiger charge is -2.17. The number of hydrogen-bond acceptors (Lipinski definition) is 1. The molecule has 0 radical (unpaired) electrons. The van der Waals surface area contributed by atoms with E-state index in [-0.39, 0.29) is 5.91 Å². The second kappa shape index (κ2) is 10.6. The Morgan fingerprint density at radius 1 is 0.913 bits per heavy atom. The lowest BCUT2D eigenvalue weighted by molar-refractivity contribution is 0.0993. The van der Waals surface area contributed by atoms with Crippen molar-refractivity contribution in [1.82, 2.24) is 0 Å². The van der Waals surface area contributed by atoms with E-state index >= 15 is 0 Å². The second-order valence-corrected chi connectivity index (χ2v) is 5.61. The molecule has 2 rings (SSSR count). The lowest BCUT2D eigenvalue weighted by atomic mass is 10.1. The van der Waals surface area contributed by atoms with Crippen LogP contribution in [0.3, 0.4) is 0 Å². The fourth-order valence-corrected chi connectivity index (χ4v) is 2.24. The molecule has 124 valence electrons. The van der Waals surface area contributed by atoms with Gasteiger partial charge in [-0.2, -0.15) is 0 Å². The second-order valence-electron chi connectivity index (χ2n) is 5.61. The van der Waals surface area contributed by atoms with E-state index < -0.39 is 0 Å². The fourth-order valence-electron chi connectivity index (χ4n) is 2.24. The van der Waals surface area contributed by atoms with Crippen LogP contribution in [0.25, 0.3) is 0 Å². The minimum absolute atomic E-state index is 0.0245. The van der Waals surface area contributed by atoms with E-state index in [2.05, 4.69) is 20.8 Å². The molecule has 0 spiro atoms. The number of benzene rings is 2. The number of unbranched alkanes of at least 4 members (excludes halogenated alkanes) is 2. The summed E-state index contributed by atoms with van der Waals surface area (Å²) in [6.45, 7) is 6.51. The van der Waals surface area contributed by atoms with Gasteiger partial charge in [-0.3, -0.25) is 4.79 Å². The van der Waals surface area contributed by atoms with Crippen LogP contribution in [0, 0.1) is 0 Å². The summed E-state index contributed by atoms with van der Waals surface area (Å²) in [6.07, 6.45) is 5.02. The third-order valence-corrected chi connectivity index (χ3v) is 3.74. The van der Waals surface area contributed by atoms with E-state index in [0.717, 1.165) is 17.7 Å². The van der Waals surface area contributed by atoms with Crippen molar-refractivity contribution in [2.75, 3.05) is 11.9 Å². The molecule has 0 N–H and O–H groups in total. The van der Waals surface area contributed by atoms with E-state index in [4.69, 9.17) is 0 Å². The molecule has 0 unspecified atom stereocenters. The molecular formula is C21H29NO. The van der Waals surface area contributed by atoms with Crippen LogP contribution in [0.5, 0.6) is 0 Å². The predicted octanol–water partition coefficient (Wildman–Crippen LogP) is 5.72. The number of hydrogen-bond donors (Lipinski definition) is 0. The van der Waals surface area contributed by atoms with Crippen LogP contribution in [0.4, 0.5) is 5.69 Å². The lowest BCUT2D eigenvalue weighted by Crippen LogP contribution is -2.26. The van der Waals surface area contributed by atoms with E-state index in [1.165, 1.54) is 24.8 Å². The maximum Gasteiger partial charge on any atom is 0.258 e. The molecule has 0 aromatic heterocycles. The van der Waals surface area contributed by atoms with Crippen LogP contribution >= 0.6 is 0 Å². The summed E-state index contributed by atoms with van der Waals surface area (Å²) >= 11 is 0. The van der Waals surface area contributed by atoms with Gasteiger partial charge >= 0.3 is 0 Å². The number of para-hydroxylation sites is 1. The zero-order valence-electron chi connectivity index (χ0n) is 14.9. The van der Waals surface area contributed by atoms with Gasteiger partial charge in [-0.1, -0.05) is 70.4 Å². The van der Waals surface area contributed by atoms with Crippen LogP contribution in [-0.4, -0.2) is 13.0 Å². The first kappa shape index (κ1) is 19.0. The summed E-state index contributed by atoms with van der Waals surface area (Å²) in [5.41, 5.74) is 2.83. The predicted molar refractivity (Wildman–Crippen MR) is 100 cm³/mol. The first-order chi connectivity index (χ1) is 11.1. The van der Waals surface area contributed by atoms with Crippen LogP contribution in [0.15, 0.2) is 54.6 Å². The highest BCUT2D eigenvalue weighted by Gasteiger charge is 2.12. The molecule has 0 atom stereocenters. The summed E-state index contributed by atoms with van der Waals surface area (Å²) in [5.74, 6) is 0.0245.